The van der Waals surface area contributed by atoms with Crippen LogP contribution in [0.4, 0.5) is 13.2 Å². The Bertz CT molecular complexity index is 583. The molecule has 0 unspecified atom stereocenters. The zero-order valence-electron chi connectivity index (χ0n) is 9.81. The minimum atomic E-state index is -4.21. The van der Waals surface area contributed by atoms with Gasteiger partial charge in [-0.1, -0.05) is 0 Å². The molecule has 0 radical (unpaired) electrons. The lowest BCUT2D eigenvalue weighted by Crippen LogP contribution is -2.40. The predicted molar refractivity (Wildman–Crippen MR) is 60.3 cm³/mol. The van der Waals surface area contributed by atoms with Crippen LogP contribution in [0.15, 0.2) is 17.0 Å². The van der Waals surface area contributed by atoms with E-state index in [2.05, 4.69) is 0 Å². The maximum Gasteiger partial charge on any atom is 0.246 e. The van der Waals surface area contributed by atoms with Crippen molar-refractivity contribution in [3.63, 3.8) is 0 Å². The second kappa shape index (κ2) is 5.10. The summed E-state index contributed by atoms with van der Waals surface area (Å²) in [4.78, 5) is -0.886. The summed E-state index contributed by atoms with van der Waals surface area (Å²) < 4.78 is 64.5. The van der Waals surface area contributed by atoms with Crippen LogP contribution in [0, 0.1) is 17.5 Å². The lowest BCUT2D eigenvalue weighted by atomic mass is 10.1. The maximum absolute atomic E-state index is 13.5. The van der Waals surface area contributed by atoms with E-state index >= 15 is 0 Å². The van der Waals surface area contributed by atoms with Crippen molar-refractivity contribution >= 4 is 10.0 Å². The quantitative estimate of drug-likeness (QED) is 0.835. The van der Waals surface area contributed by atoms with Gasteiger partial charge in [0.05, 0.1) is 6.10 Å². The Morgan fingerprint density at radius 3 is 2.26 bits per heavy atom. The van der Waals surface area contributed by atoms with Gasteiger partial charge >= 0.3 is 0 Å². The topological polar surface area (TPSA) is 57.6 Å². The molecule has 0 spiro atoms. The van der Waals surface area contributed by atoms with Gasteiger partial charge in [0.15, 0.2) is 17.5 Å². The van der Waals surface area contributed by atoms with Crippen LogP contribution in [0.2, 0.25) is 0 Å². The van der Waals surface area contributed by atoms with Crippen LogP contribution in [0.3, 0.4) is 0 Å². The fourth-order valence-electron chi connectivity index (χ4n) is 1.93. The van der Waals surface area contributed by atoms with E-state index in [1.54, 1.807) is 0 Å². The third kappa shape index (κ3) is 2.60. The highest BCUT2D eigenvalue weighted by Gasteiger charge is 2.32. The van der Waals surface area contributed by atoms with Crippen LogP contribution in [-0.2, 0) is 10.0 Å². The molecule has 1 fully saturated rings. The Morgan fingerprint density at radius 1 is 1.11 bits per heavy atom. The fourth-order valence-corrected chi connectivity index (χ4v) is 3.45. The molecule has 0 saturated carbocycles. The highest BCUT2D eigenvalue weighted by molar-refractivity contribution is 7.89. The molecule has 1 aromatic rings. The summed E-state index contributed by atoms with van der Waals surface area (Å²) in [6, 6.07) is 1.28. The van der Waals surface area contributed by atoms with Crippen LogP contribution >= 0.6 is 0 Å². The van der Waals surface area contributed by atoms with Crippen LogP contribution in [0.25, 0.3) is 0 Å². The molecule has 1 N–H and O–H groups in total. The first-order chi connectivity index (χ1) is 8.84. The zero-order chi connectivity index (χ0) is 14.2. The zero-order valence-corrected chi connectivity index (χ0v) is 10.6. The Labute approximate surface area is 108 Å². The third-order valence-electron chi connectivity index (χ3n) is 3.04. The SMILES string of the molecule is O=S(=O)(c1ccc(F)c(F)c1F)N1CCC(O)CC1. The number of aliphatic hydroxyl groups excluding tert-OH is 1. The standard InChI is InChI=1S/C11H12F3NO3S/c12-8-1-2-9(11(14)10(8)13)19(17,18)15-5-3-7(16)4-6-15/h1-2,7,16H,3-6H2. The summed E-state index contributed by atoms with van der Waals surface area (Å²) in [5.74, 6) is -4.96. The van der Waals surface area contributed by atoms with Gasteiger partial charge in [0.25, 0.3) is 0 Å². The summed E-state index contributed by atoms with van der Waals surface area (Å²) in [5.41, 5.74) is 0. The number of piperidine rings is 1. The first-order valence-corrected chi connectivity index (χ1v) is 7.09. The lowest BCUT2D eigenvalue weighted by Gasteiger charge is -2.28. The number of sulfonamides is 1. The Kier molecular flexibility index (Phi) is 3.84. The van der Waals surface area contributed by atoms with Crippen molar-refractivity contribution in [1.29, 1.82) is 0 Å². The highest BCUT2D eigenvalue weighted by Crippen LogP contribution is 2.25. The van der Waals surface area contributed by atoms with Gasteiger partial charge in [-0.25, -0.2) is 21.6 Å². The number of hydrogen-bond acceptors (Lipinski definition) is 3. The minimum absolute atomic E-state index is 0.0158. The van der Waals surface area contributed by atoms with Crippen molar-refractivity contribution in [1.82, 2.24) is 4.31 Å². The molecule has 1 aromatic carbocycles. The molecule has 2 rings (SSSR count). The van der Waals surface area contributed by atoms with E-state index in [0.29, 0.717) is 12.1 Å². The molecular weight excluding hydrogens is 283 g/mol. The van der Waals surface area contributed by atoms with Crippen LogP contribution in [0.1, 0.15) is 12.8 Å². The van der Waals surface area contributed by atoms with Gasteiger partial charge in [0.2, 0.25) is 10.0 Å². The largest absolute Gasteiger partial charge is 0.393 e. The van der Waals surface area contributed by atoms with E-state index in [9.17, 15) is 26.7 Å². The van der Waals surface area contributed by atoms with Crippen molar-refractivity contribution in [2.75, 3.05) is 13.1 Å². The van der Waals surface area contributed by atoms with Crippen LogP contribution < -0.4 is 0 Å². The van der Waals surface area contributed by atoms with Gasteiger partial charge < -0.3 is 5.11 Å². The monoisotopic (exact) mass is 295 g/mol. The molecular formula is C11H12F3NO3S. The molecule has 0 bridgehead atoms. The molecule has 1 heterocycles. The molecule has 0 aliphatic carbocycles. The number of nitrogens with zero attached hydrogens (tertiary/aromatic N) is 1. The molecule has 1 saturated heterocycles. The van der Waals surface area contributed by atoms with Gasteiger partial charge in [0.1, 0.15) is 4.90 Å². The van der Waals surface area contributed by atoms with Gasteiger partial charge in [-0.05, 0) is 25.0 Å². The van der Waals surface area contributed by atoms with Crippen LogP contribution in [0.5, 0.6) is 0 Å². The summed E-state index contributed by atoms with van der Waals surface area (Å²) >= 11 is 0. The van der Waals surface area contributed by atoms with Gasteiger partial charge in [-0.2, -0.15) is 4.31 Å². The summed E-state index contributed by atoms with van der Waals surface area (Å²) in [7, 11) is -4.21. The smallest absolute Gasteiger partial charge is 0.246 e. The Hall–Kier alpha value is -1.12. The van der Waals surface area contributed by atoms with E-state index < -0.39 is 38.5 Å². The number of benzene rings is 1. The van der Waals surface area contributed by atoms with Gasteiger partial charge in [-0.3, -0.25) is 0 Å². The second-order valence-electron chi connectivity index (χ2n) is 4.31. The van der Waals surface area contributed by atoms with E-state index in [-0.39, 0.29) is 25.9 Å². The molecule has 0 aromatic heterocycles. The average molecular weight is 295 g/mol. The molecule has 8 heteroatoms. The van der Waals surface area contributed by atoms with Crippen molar-refractivity contribution in [3.05, 3.63) is 29.6 Å². The van der Waals surface area contributed by atoms with Crippen LogP contribution in [-0.4, -0.2) is 37.0 Å². The number of aliphatic hydroxyl groups is 1. The minimum Gasteiger partial charge on any atom is -0.393 e. The lowest BCUT2D eigenvalue weighted by molar-refractivity contribution is 0.113. The van der Waals surface area contributed by atoms with Crippen molar-refractivity contribution < 1.29 is 26.7 Å². The highest BCUT2D eigenvalue weighted by atomic mass is 32.2. The predicted octanol–water partition coefficient (Wildman–Crippen LogP) is 1.25. The van der Waals surface area contributed by atoms with E-state index in [4.69, 9.17) is 0 Å². The Morgan fingerprint density at radius 2 is 1.68 bits per heavy atom. The van der Waals surface area contributed by atoms with Gasteiger partial charge in [0, 0.05) is 13.1 Å². The van der Waals surface area contributed by atoms with Gasteiger partial charge in [-0.15, -0.1) is 0 Å². The molecule has 0 atom stereocenters. The van der Waals surface area contributed by atoms with Crippen molar-refractivity contribution in [3.8, 4) is 0 Å². The number of rotatable bonds is 2. The molecule has 1 aliphatic heterocycles. The number of halogens is 3. The molecule has 0 amide bonds. The van der Waals surface area contributed by atoms with E-state index in [1.165, 1.54) is 0 Å². The maximum atomic E-state index is 13.5. The normalized spacial score (nSPS) is 18.7. The fraction of sp³-hybridized carbons (Fsp3) is 0.455. The molecule has 1 aliphatic rings. The van der Waals surface area contributed by atoms with E-state index in [0.717, 1.165) is 4.31 Å². The number of hydrogen-bond donors (Lipinski definition) is 1. The Balaban J connectivity index is 2.38. The first-order valence-electron chi connectivity index (χ1n) is 5.65. The van der Waals surface area contributed by atoms with Crippen molar-refractivity contribution in [2.24, 2.45) is 0 Å². The first kappa shape index (κ1) is 14.3. The third-order valence-corrected chi connectivity index (χ3v) is 4.96. The molecule has 19 heavy (non-hydrogen) atoms. The summed E-state index contributed by atoms with van der Waals surface area (Å²) in [5, 5.41) is 9.29. The second-order valence-corrected chi connectivity index (χ2v) is 6.22. The van der Waals surface area contributed by atoms with E-state index in [1.807, 2.05) is 0 Å². The van der Waals surface area contributed by atoms with Crippen molar-refractivity contribution in [2.45, 2.75) is 23.8 Å². The summed E-state index contributed by atoms with van der Waals surface area (Å²) in [6.07, 6.45) is -0.143. The average Bonchev–Trinajstić information content (AvgIpc) is 2.36. The molecule has 4 nitrogen and oxygen atoms in total. The molecule has 106 valence electrons. The summed E-state index contributed by atoms with van der Waals surface area (Å²) in [6.45, 7) is 0.0316.